The van der Waals surface area contributed by atoms with Crippen molar-refractivity contribution in [3.63, 3.8) is 0 Å². The third-order valence-corrected chi connectivity index (χ3v) is 3.69. The molecule has 0 aliphatic heterocycles. The van der Waals surface area contributed by atoms with Gasteiger partial charge >= 0.3 is 0 Å². The van der Waals surface area contributed by atoms with E-state index in [1.165, 1.54) is 0 Å². The minimum atomic E-state index is 0.668. The van der Waals surface area contributed by atoms with Gasteiger partial charge in [0, 0.05) is 25.2 Å². The SMILES string of the molecule is Cc1nn(C)c(CNCc2ccccc2Cl)c1Cl. The van der Waals surface area contributed by atoms with E-state index in [4.69, 9.17) is 23.2 Å². The van der Waals surface area contributed by atoms with Crippen LogP contribution in [0.3, 0.4) is 0 Å². The number of nitrogens with zero attached hydrogens (tertiary/aromatic N) is 2. The van der Waals surface area contributed by atoms with Gasteiger partial charge < -0.3 is 5.32 Å². The molecule has 0 radical (unpaired) electrons. The van der Waals surface area contributed by atoms with Gasteiger partial charge in [-0.15, -0.1) is 0 Å². The van der Waals surface area contributed by atoms with E-state index < -0.39 is 0 Å². The lowest BCUT2D eigenvalue weighted by molar-refractivity contribution is 0.625. The van der Waals surface area contributed by atoms with E-state index in [1.807, 2.05) is 38.2 Å². The minimum Gasteiger partial charge on any atom is -0.307 e. The summed E-state index contributed by atoms with van der Waals surface area (Å²) in [6, 6.07) is 7.79. The van der Waals surface area contributed by atoms with Crippen LogP contribution in [0.5, 0.6) is 0 Å². The van der Waals surface area contributed by atoms with Gasteiger partial charge in [0.15, 0.2) is 0 Å². The number of rotatable bonds is 4. The molecule has 1 aromatic heterocycles. The molecule has 3 nitrogen and oxygen atoms in total. The van der Waals surface area contributed by atoms with Crippen molar-refractivity contribution in [3.8, 4) is 0 Å². The molecule has 0 amide bonds. The van der Waals surface area contributed by atoms with Crippen LogP contribution in [0.4, 0.5) is 0 Å². The van der Waals surface area contributed by atoms with Crippen LogP contribution in [0.25, 0.3) is 0 Å². The second kappa shape index (κ2) is 5.74. The Kier molecular flexibility index (Phi) is 4.27. The number of aromatic nitrogens is 2. The van der Waals surface area contributed by atoms with Crippen LogP contribution in [-0.2, 0) is 20.1 Å². The van der Waals surface area contributed by atoms with E-state index >= 15 is 0 Å². The number of aryl methyl sites for hydroxylation is 2. The Morgan fingerprint density at radius 1 is 1.22 bits per heavy atom. The highest BCUT2D eigenvalue weighted by molar-refractivity contribution is 6.32. The van der Waals surface area contributed by atoms with Gasteiger partial charge in [-0.2, -0.15) is 5.10 Å². The number of halogens is 2. The van der Waals surface area contributed by atoms with Crippen LogP contribution in [0.1, 0.15) is 17.0 Å². The van der Waals surface area contributed by atoms with Crippen molar-refractivity contribution in [2.75, 3.05) is 0 Å². The zero-order valence-corrected chi connectivity index (χ0v) is 11.9. The van der Waals surface area contributed by atoms with Gasteiger partial charge in [-0.05, 0) is 18.6 Å². The van der Waals surface area contributed by atoms with E-state index in [-0.39, 0.29) is 0 Å². The summed E-state index contributed by atoms with van der Waals surface area (Å²) in [5, 5.41) is 9.10. The standard InChI is InChI=1S/C13H15Cl2N3/c1-9-13(15)12(18(2)17-9)8-16-7-10-5-3-4-6-11(10)14/h3-6,16H,7-8H2,1-2H3. The average molecular weight is 284 g/mol. The van der Waals surface area contributed by atoms with Crippen LogP contribution < -0.4 is 5.32 Å². The van der Waals surface area contributed by atoms with Gasteiger partial charge in [0.25, 0.3) is 0 Å². The molecule has 0 unspecified atom stereocenters. The number of hydrogen-bond donors (Lipinski definition) is 1. The highest BCUT2D eigenvalue weighted by atomic mass is 35.5. The largest absolute Gasteiger partial charge is 0.307 e. The molecule has 0 aliphatic rings. The maximum Gasteiger partial charge on any atom is 0.0860 e. The first-order valence-corrected chi connectivity index (χ1v) is 6.47. The summed E-state index contributed by atoms with van der Waals surface area (Å²) in [6.07, 6.45) is 0. The van der Waals surface area contributed by atoms with Gasteiger partial charge in [0.1, 0.15) is 0 Å². The fraction of sp³-hybridized carbons (Fsp3) is 0.308. The predicted octanol–water partition coefficient (Wildman–Crippen LogP) is 3.33. The van der Waals surface area contributed by atoms with Crippen LogP contribution in [0, 0.1) is 6.92 Å². The molecule has 0 bridgehead atoms. The molecular formula is C13H15Cl2N3. The lowest BCUT2D eigenvalue weighted by Gasteiger charge is -2.07. The van der Waals surface area contributed by atoms with E-state index in [0.29, 0.717) is 13.1 Å². The number of hydrogen-bond acceptors (Lipinski definition) is 2. The molecule has 2 rings (SSSR count). The Morgan fingerprint density at radius 3 is 2.56 bits per heavy atom. The van der Waals surface area contributed by atoms with Crippen molar-refractivity contribution in [2.45, 2.75) is 20.0 Å². The molecule has 0 fully saturated rings. The molecule has 0 saturated heterocycles. The highest BCUT2D eigenvalue weighted by Crippen LogP contribution is 2.19. The molecule has 1 heterocycles. The van der Waals surface area contributed by atoms with Crippen LogP contribution in [0.15, 0.2) is 24.3 Å². The average Bonchev–Trinajstić information content (AvgIpc) is 2.58. The van der Waals surface area contributed by atoms with E-state index in [0.717, 1.165) is 27.0 Å². The Hall–Kier alpha value is -1.03. The lowest BCUT2D eigenvalue weighted by Crippen LogP contribution is -2.15. The van der Waals surface area contributed by atoms with Gasteiger partial charge in [0.05, 0.1) is 16.4 Å². The summed E-state index contributed by atoms with van der Waals surface area (Å²) in [6.45, 7) is 3.28. The van der Waals surface area contributed by atoms with Gasteiger partial charge in [0.2, 0.25) is 0 Å². The molecule has 0 atom stereocenters. The molecule has 0 aliphatic carbocycles. The first-order chi connectivity index (χ1) is 8.59. The van der Waals surface area contributed by atoms with Crippen molar-refractivity contribution >= 4 is 23.2 Å². The lowest BCUT2D eigenvalue weighted by atomic mass is 10.2. The molecule has 96 valence electrons. The Labute approximate surface area is 117 Å². The second-order valence-corrected chi connectivity index (χ2v) is 4.95. The third kappa shape index (κ3) is 2.86. The fourth-order valence-corrected chi connectivity index (χ4v) is 2.26. The maximum absolute atomic E-state index is 6.18. The zero-order chi connectivity index (χ0) is 13.1. The smallest absolute Gasteiger partial charge is 0.0860 e. The number of nitrogens with one attached hydrogen (secondary N) is 1. The molecule has 0 spiro atoms. The van der Waals surface area contributed by atoms with Gasteiger partial charge in [-0.3, -0.25) is 4.68 Å². The molecule has 0 saturated carbocycles. The quantitative estimate of drug-likeness (QED) is 0.933. The first kappa shape index (κ1) is 13.4. The maximum atomic E-state index is 6.18. The summed E-state index contributed by atoms with van der Waals surface area (Å²) in [4.78, 5) is 0. The van der Waals surface area contributed by atoms with Crippen molar-refractivity contribution in [1.29, 1.82) is 0 Å². The van der Waals surface area contributed by atoms with Crippen molar-refractivity contribution in [3.05, 3.63) is 51.3 Å². The summed E-state index contributed by atoms with van der Waals surface area (Å²) in [5.74, 6) is 0. The molecule has 5 heteroatoms. The summed E-state index contributed by atoms with van der Waals surface area (Å²) >= 11 is 12.3. The predicted molar refractivity (Wildman–Crippen MR) is 75.0 cm³/mol. The van der Waals surface area contributed by atoms with E-state index in [2.05, 4.69) is 10.4 Å². The van der Waals surface area contributed by atoms with Gasteiger partial charge in [-0.25, -0.2) is 0 Å². The van der Waals surface area contributed by atoms with Crippen molar-refractivity contribution in [1.82, 2.24) is 15.1 Å². The summed E-state index contributed by atoms with van der Waals surface area (Å²) < 4.78 is 1.80. The zero-order valence-electron chi connectivity index (χ0n) is 10.4. The topological polar surface area (TPSA) is 29.9 Å². The van der Waals surface area contributed by atoms with E-state index in [1.54, 1.807) is 4.68 Å². The van der Waals surface area contributed by atoms with Gasteiger partial charge in [-0.1, -0.05) is 41.4 Å². The molecule has 18 heavy (non-hydrogen) atoms. The van der Waals surface area contributed by atoms with Crippen LogP contribution in [0.2, 0.25) is 10.0 Å². The highest BCUT2D eigenvalue weighted by Gasteiger charge is 2.10. The molecule has 1 aromatic carbocycles. The number of benzene rings is 1. The van der Waals surface area contributed by atoms with Crippen LogP contribution >= 0.6 is 23.2 Å². The Morgan fingerprint density at radius 2 is 1.94 bits per heavy atom. The second-order valence-electron chi connectivity index (χ2n) is 4.16. The van der Waals surface area contributed by atoms with E-state index in [9.17, 15) is 0 Å². The minimum absolute atomic E-state index is 0.668. The monoisotopic (exact) mass is 283 g/mol. The Bertz CT molecular complexity index is 549. The molecule has 2 aromatic rings. The normalized spacial score (nSPS) is 10.9. The van der Waals surface area contributed by atoms with Crippen molar-refractivity contribution in [2.24, 2.45) is 7.05 Å². The summed E-state index contributed by atoms with van der Waals surface area (Å²) in [5.41, 5.74) is 2.92. The Balaban J connectivity index is 1.99. The third-order valence-electron chi connectivity index (χ3n) is 2.83. The molecule has 1 N–H and O–H groups in total. The van der Waals surface area contributed by atoms with Crippen LogP contribution in [-0.4, -0.2) is 9.78 Å². The van der Waals surface area contributed by atoms with Crippen molar-refractivity contribution < 1.29 is 0 Å². The first-order valence-electron chi connectivity index (χ1n) is 5.71. The fourth-order valence-electron chi connectivity index (χ4n) is 1.83. The molecular weight excluding hydrogens is 269 g/mol. The summed E-state index contributed by atoms with van der Waals surface area (Å²) in [7, 11) is 1.89.